The molecule has 0 spiro atoms. The second-order valence-corrected chi connectivity index (χ2v) is 5.71. The molecule has 1 N–H and O–H groups in total. The van der Waals surface area contributed by atoms with E-state index < -0.39 is 0 Å². The third kappa shape index (κ3) is 3.37. The van der Waals surface area contributed by atoms with Gasteiger partial charge in [-0.3, -0.25) is 18.8 Å². The molecule has 1 unspecified atom stereocenters. The fraction of sp³-hybridized carbons (Fsp3) is 0.375. The van der Waals surface area contributed by atoms with E-state index in [2.05, 4.69) is 20.6 Å². The first kappa shape index (κ1) is 16.0. The number of hydrogen-bond acceptors (Lipinski definition) is 4. The van der Waals surface area contributed by atoms with Crippen molar-refractivity contribution in [1.82, 2.24) is 29.3 Å². The van der Waals surface area contributed by atoms with Gasteiger partial charge in [0.1, 0.15) is 6.04 Å². The van der Waals surface area contributed by atoms with Crippen LogP contribution in [0.3, 0.4) is 0 Å². The van der Waals surface area contributed by atoms with Crippen LogP contribution in [0, 0.1) is 6.92 Å². The Balaban J connectivity index is 1.63. The van der Waals surface area contributed by atoms with Crippen molar-refractivity contribution in [2.45, 2.75) is 39.9 Å². The molecule has 0 fully saturated rings. The Kier molecular flexibility index (Phi) is 4.45. The number of amides is 1. The molecule has 126 valence electrons. The first-order valence-corrected chi connectivity index (χ1v) is 7.91. The minimum absolute atomic E-state index is 0.125. The van der Waals surface area contributed by atoms with Crippen molar-refractivity contribution in [3.05, 3.63) is 48.3 Å². The van der Waals surface area contributed by atoms with Crippen molar-refractivity contribution < 1.29 is 4.79 Å². The minimum Gasteiger partial charge on any atom is -0.322 e. The topological polar surface area (TPSA) is 82.6 Å². The molecule has 0 aliphatic heterocycles. The quantitative estimate of drug-likeness (QED) is 0.749. The van der Waals surface area contributed by atoms with Crippen molar-refractivity contribution in [3.8, 4) is 0 Å². The molecule has 1 atom stereocenters. The van der Waals surface area contributed by atoms with Gasteiger partial charge in [-0.2, -0.15) is 15.3 Å². The minimum atomic E-state index is -0.383. The van der Waals surface area contributed by atoms with Crippen molar-refractivity contribution in [1.29, 1.82) is 0 Å². The summed E-state index contributed by atoms with van der Waals surface area (Å²) in [6, 6.07) is 1.49. The first-order valence-electron chi connectivity index (χ1n) is 7.91. The van der Waals surface area contributed by atoms with Gasteiger partial charge in [0.05, 0.1) is 24.6 Å². The van der Waals surface area contributed by atoms with E-state index in [1.54, 1.807) is 21.8 Å². The van der Waals surface area contributed by atoms with Crippen LogP contribution in [-0.4, -0.2) is 35.2 Å². The zero-order valence-electron chi connectivity index (χ0n) is 14.0. The Hall–Kier alpha value is -2.90. The predicted octanol–water partition coefficient (Wildman–Crippen LogP) is 1.85. The van der Waals surface area contributed by atoms with E-state index in [1.807, 2.05) is 50.1 Å². The molecule has 8 nitrogen and oxygen atoms in total. The Bertz CT molecular complexity index is 829. The second-order valence-electron chi connectivity index (χ2n) is 5.71. The van der Waals surface area contributed by atoms with Crippen molar-refractivity contribution in [3.63, 3.8) is 0 Å². The fourth-order valence-electron chi connectivity index (χ4n) is 2.51. The Morgan fingerprint density at radius 3 is 2.67 bits per heavy atom. The van der Waals surface area contributed by atoms with E-state index in [1.165, 1.54) is 0 Å². The van der Waals surface area contributed by atoms with E-state index in [0.717, 1.165) is 17.8 Å². The molecular weight excluding hydrogens is 306 g/mol. The summed E-state index contributed by atoms with van der Waals surface area (Å²) in [7, 11) is 0. The monoisotopic (exact) mass is 327 g/mol. The summed E-state index contributed by atoms with van der Waals surface area (Å²) in [6.07, 6.45) is 8.96. The van der Waals surface area contributed by atoms with Crippen LogP contribution < -0.4 is 5.32 Å². The van der Waals surface area contributed by atoms with Crippen LogP contribution in [0.4, 0.5) is 5.69 Å². The van der Waals surface area contributed by atoms with Crippen molar-refractivity contribution >= 4 is 11.6 Å². The molecule has 0 aliphatic rings. The van der Waals surface area contributed by atoms with Crippen LogP contribution in [0.25, 0.3) is 0 Å². The second kappa shape index (κ2) is 6.69. The number of aromatic nitrogens is 6. The molecule has 0 radical (unpaired) electrons. The maximum atomic E-state index is 12.4. The van der Waals surface area contributed by atoms with Crippen LogP contribution in [0.1, 0.15) is 31.1 Å². The summed E-state index contributed by atoms with van der Waals surface area (Å²) in [4.78, 5) is 12.4. The van der Waals surface area contributed by atoms with E-state index in [4.69, 9.17) is 0 Å². The van der Waals surface area contributed by atoms with Crippen LogP contribution in [0.2, 0.25) is 0 Å². The lowest BCUT2D eigenvalue weighted by Gasteiger charge is -2.13. The molecular formula is C16H21N7O. The van der Waals surface area contributed by atoms with Gasteiger partial charge in [-0.15, -0.1) is 0 Å². The fourth-order valence-corrected chi connectivity index (χ4v) is 2.51. The number of rotatable bonds is 6. The van der Waals surface area contributed by atoms with E-state index in [-0.39, 0.29) is 11.9 Å². The third-order valence-electron chi connectivity index (χ3n) is 3.87. The lowest BCUT2D eigenvalue weighted by Crippen LogP contribution is -2.25. The Labute approximate surface area is 140 Å². The molecule has 3 aromatic heterocycles. The standard InChI is InChI=1S/C16H21N7O/c1-4-21-9-14(7-18-21)10-22-11-15(8-19-22)20-16(24)13(3)23-12(2)5-6-17-23/h5-9,11,13H,4,10H2,1-3H3,(H,20,24). The normalized spacial score (nSPS) is 12.3. The van der Waals surface area contributed by atoms with Gasteiger partial charge in [-0.05, 0) is 26.8 Å². The summed E-state index contributed by atoms with van der Waals surface area (Å²) >= 11 is 0. The van der Waals surface area contributed by atoms with Gasteiger partial charge >= 0.3 is 0 Å². The van der Waals surface area contributed by atoms with Gasteiger partial charge in [-0.1, -0.05) is 0 Å². The smallest absolute Gasteiger partial charge is 0.249 e. The van der Waals surface area contributed by atoms with Crippen molar-refractivity contribution in [2.24, 2.45) is 0 Å². The SMILES string of the molecule is CCn1cc(Cn2cc(NC(=O)C(C)n3nccc3C)cn2)cn1. The molecule has 3 aromatic rings. The summed E-state index contributed by atoms with van der Waals surface area (Å²) < 4.78 is 5.34. The summed E-state index contributed by atoms with van der Waals surface area (Å²) in [5.41, 5.74) is 2.68. The van der Waals surface area contributed by atoms with Crippen molar-refractivity contribution in [2.75, 3.05) is 5.32 Å². The highest BCUT2D eigenvalue weighted by Gasteiger charge is 2.17. The number of anilines is 1. The molecule has 3 rings (SSSR count). The first-order chi connectivity index (χ1) is 11.6. The van der Waals surface area contributed by atoms with Crippen LogP contribution in [0.15, 0.2) is 37.1 Å². The van der Waals surface area contributed by atoms with Gasteiger partial charge in [0, 0.05) is 36.4 Å². The predicted molar refractivity (Wildman–Crippen MR) is 89.5 cm³/mol. The van der Waals surface area contributed by atoms with E-state index >= 15 is 0 Å². The molecule has 0 saturated heterocycles. The average Bonchev–Trinajstić information content (AvgIpc) is 3.29. The lowest BCUT2D eigenvalue weighted by molar-refractivity contribution is -0.119. The zero-order chi connectivity index (χ0) is 17.1. The molecule has 0 aliphatic carbocycles. The maximum Gasteiger partial charge on any atom is 0.249 e. The van der Waals surface area contributed by atoms with E-state index in [0.29, 0.717) is 12.2 Å². The van der Waals surface area contributed by atoms with Crippen LogP contribution in [0.5, 0.6) is 0 Å². The van der Waals surface area contributed by atoms with Crippen LogP contribution >= 0.6 is 0 Å². The van der Waals surface area contributed by atoms with E-state index in [9.17, 15) is 4.79 Å². The number of hydrogen-bond donors (Lipinski definition) is 1. The van der Waals surface area contributed by atoms with Gasteiger partial charge in [0.15, 0.2) is 0 Å². The van der Waals surface area contributed by atoms with Gasteiger partial charge in [0.2, 0.25) is 5.91 Å². The summed E-state index contributed by atoms with van der Waals surface area (Å²) in [5, 5.41) is 15.6. The highest BCUT2D eigenvalue weighted by Crippen LogP contribution is 2.13. The lowest BCUT2D eigenvalue weighted by atomic mass is 10.3. The summed E-state index contributed by atoms with van der Waals surface area (Å²) in [6.45, 7) is 7.24. The van der Waals surface area contributed by atoms with Gasteiger partial charge in [-0.25, -0.2) is 0 Å². The third-order valence-corrected chi connectivity index (χ3v) is 3.87. The Morgan fingerprint density at radius 2 is 2.00 bits per heavy atom. The number of nitrogens with one attached hydrogen (secondary N) is 1. The molecule has 0 saturated carbocycles. The largest absolute Gasteiger partial charge is 0.322 e. The highest BCUT2D eigenvalue weighted by atomic mass is 16.2. The number of carbonyl (C=O) groups excluding carboxylic acids is 1. The zero-order valence-corrected chi connectivity index (χ0v) is 14.0. The molecule has 1 amide bonds. The molecule has 3 heterocycles. The molecule has 8 heteroatoms. The summed E-state index contributed by atoms with van der Waals surface area (Å²) in [5.74, 6) is -0.125. The molecule has 0 bridgehead atoms. The number of aryl methyl sites for hydroxylation is 2. The van der Waals surface area contributed by atoms with Gasteiger partial charge in [0.25, 0.3) is 0 Å². The van der Waals surface area contributed by atoms with Gasteiger partial charge < -0.3 is 5.32 Å². The molecule has 24 heavy (non-hydrogen) atoms. The highest BCUT2D eigenvalue weighted by molar-refractivity contribution is 5.93. The number of nitrogens with zero attached hydrogens (tertiary/aromatic N) is 6. The number of carbonyl (C=O) groups is 1. The maximum absolute atomic E-state index is 12.4. The Morgan fingerprint density at radius 1 is 1.21 bits per heavy atom. The molecule has 0 aromatic carbocycles. The van der Waals surface area contributed by atoms with Crippen LogP contribution in [-0.2, 0) is 17.9 Å². The average molecular weight is 327 g/mol.